The molecule has 0 aromatic heterocycles. The number of hydrogen-bond donors (Lipinski definition) is 1. The lowest BCUT2D eigenvalue weighted by molar-refractivity contribution is 0.0938. The summed E-state index contributed by atoms with van der Waals surface area (Å²) in [5.41, 5.74) is 0.692. The third-order valence-electron chi connectivity index (χ3n) is 3.16. The van der Waals surface area contributed by atoms with E-state index in [-0.39, 0.29) is 5.91 Å². The molecule has 0 fully saturated rings. The third kappa shape index (κ3) is 5.33. The van der Waals surface area contributed by atoms with Gasteiger partial charge in [0.05, 0.1) is 5.56 Å². The van der Waals surface area contributed by atoms with Crippen molar-refractivity contribution in [2.75, 3.05) is 13.1 Å². The zero-order valence-corrected chi connectivity index (χ0v) is 16.2. The molecule has 1 aromatic carbocycles. The molecule has 0 saturated carbocycles. The van der Waals surface area contributed by atoms with Crippen molar-refractivity contribution < 1.29 is 4.79 Å². The summed E-state index contributed by atoms with van der Waals surface area (Å²) >= 11 is 5.64. The Kier molecular flexibility index (Phi) is 7.47. The summed E-state index contributed by atoms with van der Waals surface area (Å²) in [5.74, 6) is -0.0251. The minimum Gasteiger partial charge on any atom is -0.351 e. The summed E-state index contributed by atoms with van der Waals surface area (Å²) in [6.45, 7) is 10.2. The molecule has 1 amide bonds. The topological polar surface area (TPSA) is 32.3 Å². The minimum atomic E-state index is -0.0251. The van der Waals surface area contributed by atoms with Crippen molar-refractivity contribution in [1.29, 1.82) is 0 Å². The van der Waals surface area contributed by atoms with E-state index in [1.807, 2.05) is 18.2 Å². The summed E-state index contributed by atoms with van der Waals surface area (Å²) in [6.07, 6.45) is 0. The van der Waals surface area contributed by atoms with E-state index in [0.717, 1.165) is 14.6 Å². The minimum absolute atomic E-state index is 0.0251. The number of halogens is 2. The molecule has 1 aromatic rings. The van der Waals surface area contributed by atoms with E-state index < -0.39 is 0 Å². The summed E-state index contributed by atoms with van der Waals surface area (Å²) in [5, 5.41) is 2.99. The molecule has 1 N–H and O–H groups in total. The van der Waals surface area contributed by atoms with E-state index in [1.165, 1.54) is 0 Å². The molecule has 0 spiro atoms. The molecule has 5 heteroatoms. The molecule has 0 aliphatic heterocycles. The average molecular weight is 453 g/mol. The van der Waals surface area contributed by atoms with Crippen LogP contribution in [0.3, 0.4) is 0 Å². The summed E-state index contributed by atoms with van der Waals surface area (Å²) in [4.78, 5) is 14.5. The molecule has 0 aliphatic carbocycles. The fourth-order valence-corrected chi connectivity index (χ4v) is 3.10. The largest absolute Gasteiger partial charge is 0.351 e. The molecule has 0 atom stereocenters. The second-order valence-corrected chi connectivity index (χ2v) is 7.41. The number of carbonyl (C=O) groups is 1. The second kappa shape index (κ2) is 8.34. The van der Waals surface area contributed by atoms with Gasteiger partial charge in [0.15, 0.2) is 0 Å². The Morgan fingerprint density at radius 2 is 1.90 bits per heavy atom. The van der Waals surface area contributed by atoms with Crippen molar-refractivity contribution in [3.05, 3.63) is 31.8 Å². The Balaban J connectivity index is 2.57. The number of benzene rings is 1. The van der Waals surface area contributed by atoms with Crippen LogP contribution < -0.4 is 5.32 Å². The molecule has 20 heavy (non-hydrogen) atoms. The van der Waals surface area contributed by atoms with Gasteiger partial charge in [-0.25, -0.2) is 0 Å². The van der Waals surface area contributed by atoms with Gasteiger partial charge in [0.1, 0.15) is 0 Å². The normalized spacial score (nSPS) is 11.4. The van der Waals surface area contributed by atoms with Gasteiger partial charge in [-0.2, -0.15) is 0 Å². The van der Waals surface area contributed by atoms with Crippen molar-refractivity contribution >= 4 is 44.4 Å². The summed E-state index contributed by atoms with van der Waals surface area (Å²) in [6, 6.07) is 6.74. The van der Waals surface area contributed by atoms with Crippen LogP contribution in [-0.2, 0) is 0 Å². The number of amides is 1. The number of nitrogens with zero attached hydrogens (tertiary/aromatic N) is 1. The van der Waals surface area contributed by atoms with Crippen LogP contribution in [0.1, 0.15) is 38.1 Å². The van der Waals surface area contributed by atoms with Gasteiger partial charge in [-0.15, -0.1) is 0 Å². The van der Waals surface area contributed by atoms with E-state index in [1.54, 1.807) is 0 Å². The number of carbonyl (C=O) groups excluding carboxylic acids is 1. The van der Waals surface area contributed by atoms with Crippen LogP contribution in [-0.4, -0.2) is 36.0 Å². The van der Waals surface area contributed by atoms with E-state index >= 15 is 0 Å². The third-order valence-corrected chi connectivity index (χ3v) is 4.52. The Labute approximate surface area is 143 Å². The number of nitrogens with one attached hydrogen (secondary N) is 1. The molecule has 0 heterocycles. The van der Waals surface area contributed by atoms with Gasteiger partial charge in [0.2, 0.25) is 0 Å². The van der Waals surface area contributed by atoms with E-state index in [2.05, 4.69) is 76.4 Å². The SMILES string of the molecule is CC(C)N(CCNC(=O)c1cc(I)ccc1Br)C(C)C. The van der Waals surface area contributed by atoms with Crippen LogP contribution in [0.15, 0.2) is 22.7 Å². The lowest BCUT2D eigenvalue weighted by atomic mass is 10.2. The fourth-order valence-electron chi connectivity index (χ4n) is 2.18. The highest BCUT2D eigenvalue weighted by molar-refractivity contribution is 14.1. The zero-order chi connectivity index (χ0) is 15.3. The van der Waals surface area contributed by atoms with Crippen LogP contribution in [0.2, 0.25) is 0 Å². The van der Waals surface area contributed by atoms with Gasteiger partial charge in [0.25, 0.3) is 5.91 Å². The monoisotopic (exact) mass is 452 g/mol. The van der Waals surface area contributed by atoms with Gasteiger partial charge in [-0.05, 0) is 84.4 Å². The molecule has 0 unspecified atom stereocenters. The number of rotatable bonds is 6. The molecular weight excluding hydrogens is 431 g/mol. The lowest BCUT2D eigenvalue weighted by Gasteiger charge is -2.30. The van der Waals surface area contributed by atoms with Crippen LogP contribution in [0.5, 0.6) is 0 Å². The van der Waals surface area contributed by atoms with Gasteiger partial charge in [-0.1, -0.05) is 0 Å². The van der Waals surface area contributed by atoms with Crippen LogP contribution in [0.4, 0.5) is 0 Å². The van der Waals surface area contributed by atoms with Gasteiger partial charge in [-0.3, -0.25) is 9.69 Å². The van der Waals surface area contributed by atoms with Gasteiger partial charge >= 0.3 is 0 Å². The molecule has 0 aliphatic rings. The Morgan fingerprint density at radius 3 is 2.45 bits per heavy atom. The lowest BCUT2D eigenvalue weighted by Crippen LogP contribution is -2.42. The fraction of sp³-hybridized carbons (Fsp3) is 0.533. The number of hydrogen-bond acceptors (Lipinski definition) is 2. The molecule has 0 bridgehead atoms. The molecule has 0 saturated heterocycles. The highest BCUT2D eigenvalue weighted by Crippen LogP contribution is 2.19. The highest BCUT2D eigenvalue weighted by Gasteiger charge is 2.14. The molecular formula is C15H22BrIN2O. The Bertz CT molecular complexity index is 455. The van der Waals surface area contributed by atoms with Crippen molar-refractivity contribution in [2.45, 2.75) is 39.8 Å². The van der Waals surface area contributed by atoms with Crippen LogP contribution in [0, 0.1) is 3.57 Å². The second-order valence-electron chi connectivity index (χ2n) is 5.31. The predicted molar refractivity (Wildman–Crippen MR) is 96.2 cm³/mol. The molecule has 1 rings (SSSR count). The van der Waals surface area contributed by atoms with E-state index in [0.29, 0.717) is 24.2 Å². The summed E-state index contributed by atoms with van der Waals surface area (Å²) < 4.78 is 1.89. The average Bonchev–Trinajstić information content (AvgIpc) is 2.36. The van der Waals surface area contributed by atoms with Crippen molar-refractivity contribution in [2.24, 2.45) is 0 Å². The van der Waals surface area contributed by atoms with Crippen LogP contribution >= 0.6 is 38.5 Å². The van der Waals surface area contributed by atoms with E-state index in [4.69, 9.17) is 0 Å². The van der Waals surface area contributed by atoms with Crippen molar-refractivity contribution in [3.8, 4) is 0 Å². The zero-order valence-electron chi connectivity index (χ0n) is 12.4. The quantitative estimate of drug-likeness (QED) is 0.664. The molecule has 3 nitrogen and oxygen atoms in total. The van der Waals surface area contributed by atoms with Gasteiger partial charge in [0, 0.05) is 33.2 Å². The summed E-state index contributed by atoms with van der Waals surface area (Å²) in [7, 11) is 0. The Hall–Kier alpha value is -0.140. The Morgan fingerprint density at radius 1 is 1.30 bits per heavy atom. The van der Waals surface area contributed by atoms with Crippen LogP contribution in [0.25, 0.3) is 0 Å². The van der Waals surface area contributed by atoms with Gasteiger partial charge < -0.3 is 5.32 Å². The van der Waals surface area contributed by atoms with Crippen molar-refractivity contribution in [3.63, 3.8) is 0 Å². The first-order chi connectivity index (χ1) is 9.32. The first-order valence-electron chi connectivity index (χ1n) is 6.82. The first-order valence-corrected chi connectivity index (χ1v) is 8.69. The van der Waals surface area contributed by atoms with E-state index in [9.17, 15) is 4.79 Å². The maximum absolute atomic E-state index is 12.2. The maximum atomic E-state index is 12.2. The first kappa shape index (κ1) is 17.9. The predicted octanol–water partition coefficient (Wildman–Crippen LogP) is 3.90. The molecule has 0 radical (unpaired) electrons. The highest BCUT2D eigenvalue weighted by atomic mass is 127. The molecule has 112 valence electrons. The smallest absolute Gasteiger partial charge is 0.252 e. The standard InChI is InChI=1S/C15H22BrIN2O/c1-10(2)19(11(3)4)8-7-18-15(20)13-9-12(17)5-6-14(13)16/h5-6,9-11H,7-8H2,1-4H3,(H,18,20). The van der Waals surface area contributed by atoms with Crippen molar-refractivity contribution in [1.82, 2.24) is 10.2 Å². The maximum Gasteiger partial charge on any atom is 0.252 e.